The summed E-state index contributed by atoms with van der Waals surface area (Å²) in [5, 5.41) is 2.97. The Labute approximate surface area is 153 Å². The highest BCUT2D eigenvalue weighted by Gasteiger charge is 2.30. The molecule has 7 nitrogen and oxygen atoms in total. The van der Waals surface area contributed by atoms with E-state index in [1.807, 2.05) is 23.1 Å². The number of nitrogens with zero attached hydrogens (tertiary/aromatic N) is 2. The van der Waals surface area contributed by atoms with E-state index in [2.05, 4.69) is 5.32 Å². The van der Waals surface area contributed by atoms with Gasteiger partial charge in [-0.15, -0.1) is 0 Å². The van der Waals surface area contributed by atoms with Crippen LogP contribution >= 0.6 is 0 Å². The first-order valence-corrected chi connectivity index (χ1v) is 9.36. The van der Waals surface area contributed by atoms with Crippen LogP contribution in [0.25, 0.3) is 0 Å². The van der Waals surface area contributed by atoms with E-state index in [-0.39, 0.29) is 18.0 Å². The summed E-state index contributed by atoms with van der Waals surface area (Å²) in [6.45, 7) is 4.34. The van der Waals surface area contributed by atoms with Gasteiger partial charge in [-0.3, -0.25) is 4.79 Å². The zero-order valence-corrected chi connectivity index (χ0v) is 14.9. The molecule has 1 aromatic rings. The van der Waals surface area contributed by atoms with Crippen LogP contribution in [0.4, 0.5) is 10.5 Å². The van der Waals surface area contributed by atoms with Crippen LogP contribution in [0.5, 0.6) is 0 Å². The molecule has 3 amide bonds. The Morgan fingerprint density at radius 1 is 1.00 bits per heavy atom. The van der Waals surface area contributed by atoms with Gasteiger partial charge in [0, 0.05) is 38.5 Å². The van der Waals surface area contributed by atoms with Crippen molar-refractivity contribution in [2.24, 2.45) is 0 Å². The molecule has 2 saturated heterocycles. The maximum absolute atomic E-state index is 12.6. The number of hydrogen-bond acceptors (Lipinski definition) is 4. The van der Waals surface area contributed by atoms with Crippen molar-refractivity contribution >= 4 is 17.6 Å². The summed E-state index contributed by atoms with van der Waals surface area (Å²) in [4.78, 5) is 28.7. The standard InChI is InChI=1S/C19H25N3O4/c23-18(17-3-1-10-26-17)21-6-2-7-22(9-8-21)19(24)20-16-5-4-14-12-25-13-15(14)11-16/h4-5,11,17H,1-3,6-10,12-13H2,(H,20,24). The predicted molar refractivity (Wildman–Crippen MR) is 95.7 cm³/mol. The lowest BCUT2D eigenvalue weighted by Gasteiger charge is -2.24. The average molecular weight is 359 g/mol. The molecule has 140 valence electrons. The van der Waals surface area contributed by atoms with Gasteiger partial charge in [-0.2, -0.15) is 0 Å². The molecule has 1 atom stereocenters. The molecule has 1 N–H and O–H groups in total. The van der Waals surface area contributed by atoms with E-state index in [0.29, 0.717) is 46.0 Å². The minimum atomic E-state index is -0.288. The fraction of sp³-hybridized carbons (Fsp3) is 0.579. The van der Waals surface area contributed by atoms with Crippen LogP contribution in [0, 0.1) is 0 Å². The molecule has 3 aliphatic rings. The summed E-state index contributed by atoms with van der Waals surface area (Å²) < 4.78 is 10.9. The van der Waals surface area contributed by atoms with E-state index >= 15 is 0 Å². The van der Waals surface area contributed by atoms with Crippen LogP contribution in [-0.2, 0) is 27.5 Å². The Morgan fingerprint density at radius 3 is 2.65 bits per heavy atom. The van der Waals surface area contributed by atoms with Crippen LogP contribution in [-0.4, -0.2) is 60.6 Å². The lowest BCUT2D eigenvalue weighted by Crippen LogP contribution is -2.42. The summed E-state index contributed by atoms with van der Waals surface area (Å²) in [6, 6.07) is 5.78. The number of benzene rings is 1. The topological polar surface area (TPSA) is 71.1 Å². The van der Waals surface area contributed by atoms with Crippen LogP contribution in [0.3, 0.4) is 0 Å². The molecule has 1 aromatic carbocycles. The lowest BCUT2D eigenvalue weighted by atomic mass is 10.1. The molecule has 26 heavy (non-hydrogen) atoms. The van der Waals surface area contributed by atoms with Crippen LogP contribution in [0.2, 0.25) is 0 Å². The van der Waals surface area contributed by atoms with Gasteiger partial charge in [0.05, 0.1) is 13.2 Å². The summed E-state index contributed by atoms with van der Waals surface area (Å²) in [6.07, 6.45) is 2.25. The summed E-state index contributed by atoms with van der Waals surface area (Å²) in [5.41, 5.74) is 3.10. The van der Waals surface area contributed by atoms with Gasteiger partial charge in [0.2, 0.25) is 0 Å². The first kappa shape index (κ1) is 17.3. The fourth-order valence-electron chi connectivity index (χ4n) is 3.77. The molecule has 0 aliphatic carbocycles. The van der Waals surface area contributed by atoms with Crippen LogP contribution in [0.1, 0.15) is 30.4 Å². The SMILES string of the molecule is O=C(Nc1ccc2c(c1)COC2)N1CCCN(C(=O)C2CCCO2)CC1. The Balaban J connectivity index is 1.33. The van der Waals surface area contributed by atoms with Crippen LogP contribution in [0.15, 0.2) is 18.2 Å². The Hall–Kier alpha value is -2.12. The van der Waals surface area contributed by atoms with E-state index in [9.17, 15) is 9.59 Å². The van der Waals surface area contributed by atoms with Gasteiger partial charge in [-0.25, -0.2) is 4.79 Å². The number of rotatable bonds is 2. The van der Waals surface area contributed by atoms with E-state index in [4.69, 9.17) is 9.47 Å². The molecule has 1 unspecified atom stereocenters. The Bertz CT molecular complexity index is 687. The number of fused-ring (bicyclic) bond motifs is 1. The minimum Gasteiger partial charge on any atom is -0.372 e. The Morgan fingerprint density at radius 2 is 1.81 bits per heavy atom. The molecule has 4 rings (SSSR count). The number of ether oxygens (including phenoxy) is 2. The highest BCUT2D eigenvalue weighted by atomic mass is 16.5. The Kier molecular flexibility index (Phi) is 5.08. The maximum atomic E-state index is 12.6. The molecule has 0 spiro atoms. The van der Waals surface area contributed by atoms with Crippen molar-refractivity contribution in [2.75, 3.05) is 38.1 Å². The second-order valence-electron chi connectivity index (χ2n) is 7.07. The average Bonchev–Trinajstić information content (AvgIpc) is 3.28. The van der Waals surface area contributed by atoms with E-state index in [0.717, 1.165) is 30.5 Å². The number of anilines is 1. The summed E-state index contributed by atoms with van der Waals surface area (Å²) >= 11 is 0. The largest absolute Gasteiger partial charge is 0.372 e. The first-order valence-electron chi connectivity index (χ1n) is 9.36. The van der Waals surface area contributed by atoms with Crippen molar-refractivity contribution in [2.45, 2.75) is 38.6 Å². The zero-order chi connectivity index (χ0) is 17.9. The highest BCUT2D eigenvalue weighted by Crippen LogP contribution is 2.23. The predicted octanol–water partition coefficient (Wildman–Crippen LogP) is 1.96. The summed E-state index contributed by atoms with van der Waals surface area (Å²) in [7, 11) is 0. The third-order valence-electron chi connectivity index (χ3n) is 5.27. The zero-order valence-electron chi connectivity index (χ0n) is 14.9. The molecule has 7 heteroatoms. The molecule has 0 radical (unpaired) electrons. The molecule has 0 saturated carbocycles. The van der Waals surface area contributed by atoms with Gasteiger partial charge in [0.25, 0.3) is 5.91 Å². The minimum absolute atomic E-state index is 0.0726. The number of amides is 3. The fourth-order valence-corrected chi connectivity index (χ4v) is 3.77. The normalized spacial score (nSPS) is 22.8. The molecular formula is C19H25N3O4. The molecule has 0 aromatic heterocycles. The monoisotopic (exact) mass is 359 g/mol. The van der Waals surface area contributed by atoms with E-state index in [1.54, 1.807) is 4.90 Å². The number of nitrogens with one attached hydrogen (secondary N) is 1. The van der Waals surface area contributed by atoms with Crippen molar-refractivity contribution in [3.8, 4) is 0 Å². The van der Waals surface area contributed by atoms with Crippen molar-refractivity contribution in [1.29, 1.82) is 0 Å². The van der Waals surface area contributed by atoms with Crippen molar-refractivity contribution < 1.29 is 19.1 Å². The quantitative estimate of drug-likeness (QED) is 0.876. The maximum Gasteiger partial charge on any atom is 0.321 e. The van der Waals surface area contributed by atoms with Gasteiger partial charge in [-0.05, 0) is 42.5 Å². The highest BCUT2D eigenvalue weighted by molar-refractivity contribution is 5.89. The third kappa shape index (κ3) is 3.68. The van der Waals surface area contributed by atoms with Crippen molar-refractivity contribution in [1.82, 2.24) is 9.80 Å². The lowest BCUT2D eigenvalue weighted by molar-refractivity contribution is -0.140. The molecular weight excluding hydrogens is 334 g/mol. The number of carbonyl (C=O) groups excluding carboxylic acids is 2. The van der Waals surface area contributed by atoms with Gasteiger partial charge >= 0.3 is 6.03 Å². The molecule has 0 bridgehead atoms. The van der Waals surface area contributed by atoms with Gasteiger partial charge in [0.1, 0.15) is 6.10 Å². The van der Waals surface area contributed by atoms with Crippen molar-refractivity contribution in [3.05, 3.63) is 29.3 Å². The second-order valence-corrected chi connectivity index (χ2v) is 7.07. The smallest absolute Gasteiger partial charge is 0.321 e. The van der Waals surface area contributed by atoms with Gasteiger partial charge in [0.15, 0.2) is 0 Å². The van der Waals surface area contributed by atoms with E-state index < -0.39 is 0 Å². The number of carbonyl (C=O) groups is 2. The third-order valence-corrected chi connectivity index (χ3v) is 5.27. The first-order chi connectivity index (χ1) is 12.7. The molecule has 3 heterocycles. The molecule has 2 fully saturated rings. The number of urea groups is 1. The van der Waals surface area contributed by atoms with E-state index in [1.165, 1.54) is 5.56 Å². The number of hydrogen-bond donors (Lipinski definition) is 1. The van der Waals surface area contributed by atoms with Gasteiger partial charge in [-0.1, -0.05) is 6.07 Å². The van der Waals surface area contributed by atoms with Gasteiger partial charge < -0.3 is 24.6 Å². The van der Waals surface area contributed by atoms with Crippen LogP contribution < -0.4 is 5.32 Å². The summed E-state index contributed by atoms with van der Waals surface area (Å²) in [5.74, 6) is 0.0726. The second kappa shape index (κ2) is 7.63. The molecule has 3 aliphatic heterocycles. The van der Waals surface area contributed by atoms with Crippen molar-refractivity contribution in [3.63, 3.8) is 0 Å².